The third-order valence-corrected chi connectivity index (χ3v) is 5.36. The monoisotopic (exact) mass is 389 g/mol. The number of ether oxygens (including phenoxy) is 2. The fraction of sp³-hybridized carbons (Fsp3) is 0.182. The van der Waals surface area contributed by atoms with Crippen LogP contribution in [0.4, 0.5) is 0 Å². The molecule has 2 aromatic carbocycles. The lowest BCUT2D eigenvalue weighted by molar-refractivity contribution is 0.341. The van der Waals surface area contributed by atoms with Crippen LogP contribution in [0, 0.1) is 11.3 Å². The first-order chi connectivity index (χ1) is 13.8. The van der Waals surface area contributed by atoms with Crippen molar-refractivity contribution in [1.29, 1.82) is 5.26 Å². The molecule has 0 fully saturated rings. The third-order valence-electron chi connectivity index (χ3n) is 4.53. The largest absolute Gasteiger partial charge is 0.496 e. The van der Waals surface area contributed by atoms with Crippen LogP contribution in [-0.4, -0.2) is 23.1 Å². The summed E-state index contributed by atoms with van der Waals surface area (Å²) in [5, 5.41) is 11.6. The Labute approximate surface area is 167 Å². The van der Waals surface area contributed by atoms with Crippen molar-refractivity contribution in [3.8, 4) is 40.1 Å². The lowest BCUT2D eigenvalue weighted by Gasteiger charge is -2.11. The number of imidazole rings is 1. The summed E-state index contributed by atoms with van der Waals surface area (Å²) in [5.41, 5.74) is 4.48. The highest BCUT2D eigenvalue weighted by Gasteiger charge is 2.22. The van der Waals surface area contributed by atoms with Gasteiger partial charge in [0.2, 0.25) is 0 Å². The number of para-hydroxylation sites is 2. The zero-order valence-electron chi connectivity index (χ0n) is 15.7. The van der Waals surface area contributed by atoms with Crippen molar-refractivity contribution in [3.05, 3.63) is 59.6 Å². The molecule has 0 atom stereocenters. The molecule has 6 heteroatoms. The highest BCUT2D eigenvalue weighted by molar-refractivity contribution is 7.15. The van der Waals surface area contributed by atoms with Crippen molar-refractivity contribution >= 4 is 16.3 Å². The van der Waals surface area contributed by atoms with E-state index in [0.717, 1.165) is 44.7 Å². The molecule has 0 bridgehead atoms. The van der Waals surface area contributed by atoms with Crippen LogP contribution in [0.3, 0.4) is 0 Å². The molecular formula is C22H19N3O2S. The second-order valence-corrected chi connectivity index (χ2v) is 6.95. The van der Waals surface area contributed by atoms with Crippen molar-refractivity contribution in [2.75, 3.05) is 13.7 Å². The molecule has 5 nitrogen and oxygen atoms in total. The quantitative estimate of drug-likeness (QED) is 0.455. The Bertz CT molecular complexity index is 1170. The van der Waals surface area contributed by atoms with Crippen LogP contribution in [0.2, 0.25) is 0 Å². The molecule has 28 heavy (non-hydrogen) atoms. The van der Waals surface area contributed by atoms with Crippen LogP contribution in [0.15, 0.2) is 53.9 Å². The first kappa shape index (κ1) is 18.1. The Morgan fingerprint density at radius 3 is 2.50 bits per heavy atom. The van der Waals surface area contributed by atoms with Crippen LogP contribution >= 0.6 is 11.3 Å². The summed E-state index contributed by atoms with van der Waals surface area (Å²) in [5.74, 6) is 1.56. The number of hydrogen-bond acceptors (Lipinski definition) is 5. The Hall–Kier alpha value is -3.30. The van der Waals surface area contributed by atoms with Gasteiger partial charge in [-0.05, 0) is 31.2 Å². The van der Waals surface area contributed by atoms with Crippen LogP contribution in [0.1, 0.15) is 12.6 Å². The van der Waals surface area contributed by atoms with Crippen LogP contribution < -0.4 is 9.47 Å². The highest BCUT2D eigenvalue weighted by Crippen LogP contribution is 2.38. The summed E-state index contributed by atoms with van der Waals surface area (Å²) < 4.78 is 13.4. The van der Waals surface area contributed by atoms with Gasteiger partial charge in [-0.25, -0.2) is 4.98 Å². The van der Waals surface area contributed by atoms with E-state index in [0.29, 0.717) is 6.61 Å². The maximum atomic E-state index is 9.50. The second kappa shape index (κ2) is 7.75. The van der Waals surface area contributed by atoms with Gasteiger partial charge in [0.05, 0.1) is 43.3 Å². The normalized spacial score (nSPS) is 10.8. The average Bonchev–Trinajstić information content (AvgIpc) is 3.29. The summed E-state index contributed by atoms with van der Waals surface area (Å²) in [6, 6.07) is 18.0. The van der Waals surface area contributed by atoms with E-state index in [1.807, 2.05) is 55.5 Å². The smallest absolute Gasteiger partial charge is 0.195 e. The number of thiazole rings is 1. The van der Waals surface area contributed by atoms with E-state index in [2.05, 4.69) is 15.8 Å². The van der Waals surface area contributed by atoms with E-state index < -0.39 is 0 Å². The first-order valence-electron chi connectivity index (χ1n) is 8.99. The number of methoxy groups -OCH3 is 1. The van der Waals surface area contributed by atoms with Crippen LogP contribution in [0.25, 0.3) is 27.5 Å². The number of aromatic nitrogens is 2. The molecule has 0 unspecified atom stereocenters. The molecule has 4 aromatic rings. The van der Waals surface area contributed by atoms with E-state index in [1.165, 1.54) is 0 Å². The van der Waals surface area contributed by atoms with E-state index in [1.54, 1.807) is 18.4 Å². The minimum atomic E-state index is 0.246. The van der Waals surface area contributed by atoms with Crippen molar-refractivity contribution in [1.82, 2.24) is 9.38 Å². The lowest BCUT2D eigenvalue weighted by atomic mass is 10.1. The molecule has 4 rings (SSSR count). The molecule has 0 radical (unpaired) electrons. The van der Waals surface area contributed by atoms with Gasteiger partial charge in [0.1, 0.15) is 11.5 Å². The van der Waals surface area contributed by atoms with Gasteiger partial charge in [-0.2, -0.15) is 5.26 Å². The van der Waals surface area contributed by atoms with E-state index >= 15 is 0 Å². The molecule has 0 N–H and O–H groups in total. The first-order valence-corrected chi connectivity index (χ1v) is 9.87. The van der Waals surface area contributed by atoms with Crippen LogP contribution in [-0.2, 0) is 6.42 Å². The van der Waals surface area contributed by atoms with Gasteiger partial charge in [-0.1, -0.05) is 24.3 Å². The lowest BCUT2D eigenvalue weighted by Crippen LogP contribution is -1.98. The zero-order chi connectivity index (χ0) is 19.5. The second-order valence-electron chi connectivity index (χ2n) is 6.11. The maximum absolute atomic E-state index is 9.50. The molecule has 0 aliphatic rings. The number of nitriles is 1. The molecule has 0 aliphatic carbocycles. The summed E-state index contributed by atoms with van der Waals surface area (Å²) in [7, 11) is 1.66. The molecule has 140 valence electrons. The Morgan fingerprint density at radius 2 is 1.79 bits per heavy atom. The minimum absolute atomic E-state index is 0.246. The highest BCUT2D eigenvalue weighted by atomic mass is 32.1. The number of nitrogens with zero attached hydrogens (tertiary/aromatic N) is 3. The molecular weight excluding hydrogens is 370 g/mol. The van der Waals surface area contributed by atoms with Gasteiger partial charge in [-0.15, -0.1) is 11.3 Å². The number of rotatable bonds is 6. The summed E-state index contributed by atoms with van der Waals surface area (Å²) in [6.07, 6.45) is 0.246. The SMILES string of the molecule is CCOc1ccccc1-c1nc2scc(-c3ccccc3OC)n2c1CC#N. The van der Waals surface area contributed by atoms with Gasteiger partial charge in [-0.3, -0.25) is 4.40 Å². The fourth-order valence-electron chi connectivity index (χ4n) is 3.36. The van der Waals surface area contributed by atoms with E-state index in [4.69, 9.17) is 14.5 Å². The van der Waals surface area contributed by atoms with Crippen molar-refractivity contribution in [2.24, 2.45) is 0 Å². The van der Waals surface area contributed by atoms with E-state index in [-0.39, 0.29) is 6.42 Å². The maximum Gasteiger partial charge on any atom is 0.195 e. The van der Waals surface area contributed by atoms with Crippen molar-refractivity contribution < 1.29 is 9.47 Å². The molecule has 2 aromatic heterocycles. The van der Waals surface area contributed by atoms with Crippen LogP contribution in [0.5, 0.6) is 11.5 Å². The zero-order valence-corrected chi connectivity index (χ0v) is 16.5. The predicted molar refractivity (Wildman–Crippen MR) is 111 cm³/mol. The summed E-state index contributed by atoms with van der Waals surface area (Å²) >= 11 is 1.55. The molecule has 0 saturated carbocycles. The Morgan fingerprint density at radius 1 is 1.07 bits per heavy atom. The minimum Gasteiger partial charge on any atom is -0.496 e. The molecule has 0 aliphatic heterocycles. The third kappa shape index (κ3) is 3.00. The standard InChI is InChI=1S/C22H19N3O2S/c1-3-27-20-11-7-5-9-16(20)21-17(12-13-23)25-18(14-28-22(25)24-21)15-8-4-6-10-19(15)26-2/h4-11,14H,3,12H2,1-2H3. The molecule has 0 spiro atoms. The molecule has 0 amide bonds. The molecule has 0 saturated heterocycles. The van der Waals surface area contributed by atoms with Gasteiger partial charge in [0.15, 0.2) is 4.96 Å². The molecule has 2 heterocycles. The van der Waals surface area contributed by atoms with Gasteiger partial charge in [0.25, 0.3) is 0 Å². The predicted octanol–water partition coefficient (Wildman–Crippen LogP) is 5.20. The Kier molecular flexibility index (Phi) is 5.00. The van der Waals surface area contributed by atoms with Gasteiger partial charge in [0, 0.05) is 16.5 Å². The summed E-state index contributed by atoms with van der Waals surface area (Å²) in [6.45, 7) is 2.53. The average molecular weight is 389 g/mol. The fourth-order valence-corrected chi connectivity index (χ4v) is 4.26. The van der Waals surface area contributed by atoms with Gasteiger partial charge >= 0.3 is 0 Å². The van der Waals surface area contributed by atoms with Crippen molar-refractivity contribution in [2.45, 2.75) is 13.3 Å². The number of hydrogen-bond donors (Lipinski definition) is 0. The van der Waals surface area contributed by atoms with Gasteiger partial charge < -0.3 is 9.47 Å². The number of fused-ring (bicyclic) bond motifs is 1. The number of benzene rings is 2. The topological polar surface area (TPSA) is 59.6 Å². The van der Waals surface area contributed by atoms with E-state index in [9.17, 15) is 5.26 Å². The Balaban J connectivity index is 1.98. The summed E-state index contributed by atoms with van der Waals surface area (Å²) in [4.78, 5) is 5.70. The van der Waals surface area contributed by atoms with Crippen molar-refractivity contribution in [3.63, 3.8) is 0 Å².